The lowest BCUT2D eigenvalue weighted by Gasteiger charge is -2.29. The minimum atomic E-state index is -2.92. The summed E-state index contributed by atoms with van der Waals surface area (Å²) in [5, 5.41) is 13.4. The second kappa shape index (κ2) is 12.2. The number of nitrogens with one attached hydrogen (secondary N) is 1. The average Bonchev–Trinajstić information content (AvgIpc) is 3.37. The number of carboxylic acids is 1. The number of carboxylic acid groups (broad SMARTS) is 1. The Morgan fingerprint density at radius 3 is 2.87 bits per heavy atom. The van der Waals surface area contributed by atoms with Gasteiger partial charge in [0.15, 0.2) is 0 Å². The van der Waals surface area contributed by atoms with Crippen molar-refractivity contribution in [3.8, 4) is 0 Å². The van der Waals surface area contributed by atoms with Crippen molar-refractivity contribution in [2.24, 2.45) is 5.92 Å². The van der Waals surface area contributed by atoms with E-state index in [1.54, 1.807) is 0 Å². The number of anilines is 1. The molecule has 0 spiro atoms. The molecule has 4 heterocycles. The fourth-order valence-electron chi connectivity index (χ4n) is 5.70. The summed E-state index contributed by atoms with van der Waals surface area (Å²) in [7, 11) is 0. The Labute approximate surface area is 226 Å². The SMILES string of the molecule is O=C(O)C(c1cc(F)ccc1COC1COC1)N1CC[C@@H](C(F)(F)CCCCc2ccc3c(n2)NCCC3)C1. The smallest absolute Gasteiger partial charge is 0.325 e. The van der Waals surface area contributed by atoms with Crippen LogP contribution in [0.2, 0.25) is 0 Å². The summed E-state index contributed by atoms with van der Waals surface area (Å²) >= 11 is 0. The molecule has 1 unspecified atom stereocenters. The number of aliphatic carboxylic acids is 1. The highest BCUT2D eigenvalue weighted by Crippen LogP contribution is 2.40. The minimum absolute atomic E-state index is 0.0602. The summed E-state index contributed by atoms with van der Waals surface area (Å²) < 4.78 is 55.5. The number of carbonyl (C=O) groups is 1. The molecule has 2 aromatic rings. The number of benzene rings is 1. The molecular formula is C29H36F3N3O4. The van der Waals surface area contributed by atoms with E-state index in [0.717, 1.165) is 30.9 Å². The molecule has 2 N–H and O–H groups in total. The van der Waals surface area contributed by atoms with Crippen molar-refractivity contribution in [1.82, 2.24) is 9.88 Å². The second-order valence-electron chi connectivity index (χ2n) is 10.8. The average molecular weight is 548 g/mol. The Bertz CT molecular complexity index is 1160. The number of ether oxygens (including phenoxy) is 2. The fraction of sp³-hybridized carbons (Fsp3) is 0.586. The van der Waals surface area contributed by atoms with Crippen LogP contribution in [0.5, 0.6) is 0 Å². The van der Waals surface area contributed by atoms with E-state index >= 15 is 8.78 Å². The molecule has 0 radical (unpaired) electrons. The Balaban J connectivity index is 1.17. The quantitative estimate of drug-likeness (QED) is 0.362. The highest BCUT2D eigenvalue weighted by atomic mass is 19.3. The third-order valence-electron chi connectivity index (χ3n) is 8.05. The van der Waals surface area contributed by atoms with Crippen LogP contribution in [0, 0.1) is 11.7 Å². The number of unbranched alkanes of at least 4 members (excludes halogenated alkanes) is 1. The van der Waals surface area contributed by atoms with Crippen LogP contribution >= 0.6 is 0 Å². The van der Waals surface area contributed by atoms with E-state index in [4.69, 9.17) is 9.47 Å². The van der Waals surface area contributed by atoms with Crippen LogP contribution < -0.4 is 5.32 Å². The summed E-state index contributed by atoms with van der Waals surface area (Å²) in [4.78, 5) is 18.5. The highest BCUT2D eigenvalue weighted by Gasteiger charge is 2.45. The number of pyridine rings is 1. The van der Waals surface area contributed by atoms with Crippen LogP contribution in [-0.4, -0.2) is 65.8 Å². The van der Waals surface area contributed by atoms with Gasteiger partial charge in [-0.25, -0.2) is 18.2 Å². The van der Waals surface area contributed by atoms with Crippen LogP contribution in [0.4, 0.5) is 19.0 Å². The predicted molar refractivity (Wildman–Crippen MR) is 139 cm³/mol. The maximum Gasteiger partial charge on any atom is 0.325 e. The number of hydrogen-bond donors (Lipinski definition) is 2. The first-order valence-corrected chi connectivity index (χ1v) is 13.8. The van der Waals surface area contributed by atoms with Crippen molar-refractivity contribution in [3.63, 3.8) is 0 Å². The maximum atomic E-state index is 15.2. The van der Waals surface area contributed by atoms with Gasteiger partial charge in [0.25, 0.3) is 5.92 Å². The fourth-order valence-corrected chi connectivity index (χ4v) is 5.70. The molecule has 3 aliphatic heterocycles. The molecular weight excluding hydrogens is 511 g/mol. The molecule has 7 nitrogen and oxygen atoms in total. The minimum Gasteiger partial charge on any atom is -0.480 e. The molecule has 212 valence electrons. The Morgan fingerprint density at radius 1 is 1.26 bits per heavy atom. The number of fused-ring (bicyclic) bond motifs is 1. The van der Waals surface area contributed by atoms with Crippen LogP contribution in [0.3, 0.4) is 0 Å². The summed E-state index contributed by atoms with van der Waals surface area (Å²) in [6.07, 6.45) is 3.55. The van der Waals surface area contributed by atoms with Gasteiger partial charge < -0.3 is 19.9 Å². The zero-order chi connectivity index (χ0) is 27.4. The van der Waals surface area contributed by atoms with E-state index in [-0.39, 0.29) is 44.2 Å². The highest BCUT2D eigenvalue weighted by molar-refractivity contribution is 5.76. The van der Waals surface area contributed by atoms with E-state index in [0.29, 0.717) is 38.0 Å². The summed E-state index contributed by atoms with van der Waals surface area (Å²) in [5.74, 6) is -4.72. The monoisotopic (exact) mass is 547 g/mol. The lowest BCUT2D eigenvalue weighted by molar-refractivity contribution is -0.144. The summed E-state index contributed by atoms with van der Waals surface area (Å²) in [6.45, 7) is 2.08. The third kappa shape index (κ3) is 6.73. The number of aromatic nitrogens is 1. The molecule has 39 heavy (non-hydrogen) atoms. The molecule has 1 aromatic carbocycles. The van der Waals surface area contributed by atoms with Gasteiger partial charge in [-0.15, -0.1) is 0 Å². The summed E-state index contributed by atoms with van der Waals surface area (Å²) in [5.41, 5.74) is 2.89. The number of aryl methyl sites for hydroxylation is 2. The van der Waals surface area contributed by atoms with Crippen molar-refractivity contribution in [2.75, 3.05) is 38.2 Å². The van der Waals surface area contributed by atoms with Crippen molar-refractivity contribution in [2.45, 2.75) is 69.6 Å². The first kappa shape index (κ1) is 27.9. The van der Waals surface area contributed by atoms with E-state index in [9.17, 15) is 14.3 Å². The number of nitrogens with zero attached hydrogens (tertiary/aromatic N) is 2. The molecule has 2 atom stereocenters. The van der Waals surface area contributed by atoms with Gasteiger partial charge in [-0.3, -0.25) is 9.69 Å². The van der Waals surface area contributed by atoms with Crippen molar-refractivity contribution >= 4 is 11.8 Å². The van der Waals surface area contributed by atoms with Crippen LogP contribution in [0.25, 0.3) is 0 Å². The molecule has 5 rings (SSSR count). The van der Waals surface area contributed by atoms with Gasteiger partial charge in [0.1, 0.15) is 23.8 Å². The van der Waals surface area contributed by atoms with Gasteiger partial charge in [0, 0.05) is 31.1 Å². The molecule has 10 heteroatoms. The molecule has 3 aliphatic rings. The maximum absolute atomic E-state index is 15.2. The molecule has 2 fully saturated rings. The lowest BCUT2D eigenvalue weighted by atomic mass is 9.94. The van der Waals surface area contributed by atoms with Crippen molar-refractivity contribution < 1.29 is 32.5 Å². The van der Waals surface area contributed by atoms with Crippen molar-refractivity contribution in [3.05, 3.63) is 58.5 Å². The van der Waals surface area contributed by atoms with E-state index in [1.165, 1.54) is 28.7 Å². The Morgan fingerprint density at radius 2 is 2.10 bits per heavy atom. The molecule has 0 aliphatic carbocycles. The van der Waals surface area contributed by atoms with Gasteiger partial charge in [-0.05, 0) is 80.0 Å². The van der Waals surface area contributed by atoms with Crippen molar-refractivity contribution in [1.29, 1.82) is 0 Å². The first-order valence-electron chi connectivity index (χ1n) is 13.8. The number of likely N-dealkylation sites (tertiary alicyclic amines) is 1. The lowest BCUT2D eigenvalue weighted by Crippen LogP contribution is -2.37. The molecule has 0 saturated carbocycles. The zero-order valence-electron chi connectivity index (χ0n) is 22.0. The van der Waals surface area contributed by atoms with Gasteiger partial charge in [0.2, 0.25) is 0 Å². The normalized spacial score (nSPS) is 20.7. The third-order valence-corrected chi connectivity index (χ3v) is 8.05. The van der Waals surface area contributed by atoms with Gasteiger partial charge in [0.05, 0.1) is 19.8 Å². The topological polar surface area (TPSA) is 83.9 Å². The van der Waals surface area contributed by atoms with Gasteiger partial charge in [-0.1, -0.05) is 12.1 Å². The predicted octanol–water partition coefficient (Wildman–Crippen LogP) is 4.99. The van der Waals surface area contributed by atoms with Crippen LogP contribution in [0.1, 0.15) is 60.5 Å². The number of rotatable bonds is 12. The van der Waals surface area contributed by atoms with E-state index < -0.39 is 29.7 Å². The van der Waals surface area contributed by atoms with Crippen LogP contribution in [-0.2, 0) is 33.7 Å². The first-order chi connectivity index (χ1) is 18.8. The molecule has 1 aromatic heterocycles. The van der Waals surface area contributed by atoms with Crippen LogP contribution in [0.15, 0.2) is 30.3 Å². The van der Waals surface area contributed by atoms with E-state index in [1.807, 2.05) is 6.07 Å². The second-order valence-corrected chi connectivity index (χ2v) is 10.8. The number of halogens is 3. The molecule has 0 amide bonds. The zero-order valence-corrected chi connectivity index (χ0v) is 22.0. The van der Waals surface area contributed by atoms with E-state index in [2.05, 4.69) is 16.4 Å². The van der Waals surface area contributed by atoms with Gasteiger partial charge >= 0.3 is 5.97 Å². The Kier molecular flexibility index (Phi) is 8.73. The Hall–Kier alpha value is -2.69. The largest absolute Gasteiger partial charge is 0.480 e. The standard InChI is InChI=1S/C29H36F3N3O4/c30-22-8-6-20(16-39-24-17-38-18-24)25(14-22)26(28(36)37)35-13-10-21(15-35)29(31,32)11-2-1-5-23-9-7-19-4-3-12-33-27(19)34-23/h6-9,14,21,24,26H,1-5,10-13,15-18H2,(H,33,34)(H,36,37)/t21-,26?/m1/s1. The summed E-state index contributed by atoms with van der Waals surface area (Å²) in [6, 6.07) is 6.79. The number of alkyl halides is 2. The number of hydrogen-bond acceptors (Lipinski definition) is 6. The molecule has 0 bridgehead atoms. The molecule has 2 saturated heterocycles. The van der Waals surface area contributed by atoms with Gasteiger partial charge in [-0.2, -0.15) is 0 Å².